The van der Waals surface area contributed by atoms with Crippen molar-refractivity contribution in [2.24, 2.45) is 0 Å². The second-order valence-electron chi connectivity index (χ2n) is 3.87. The third-order valence-electron chi connectivity index (χ3n) is 2.51. The molecule has 3 N–H and O–H groups in total. The highest BCUT2D eigenvalue weighted by molar-refractivity contribution is 7.89. The number of benzene rings is 1. The molecule has 0 aliphatic carbocycles. The van der Waals surface area contributed by atoms with Crippen LogP contribution in [0.3, 0.4) is 0 Å². The topological polar surface area (TPSA) is 72.2 Å². The third kappa shape index (κ3) is 3.73. The summed E-state index contributed by atoms with van der Waals surface area (Å²) in [6.07, 6.45) is 4.40. The molecule has 0 aromatic heterocycles. The predicted molar refractivity (Wildman–Crippen MR) is 75.2 cm³/mol. The summed E-state index contributed by atoms with van der Waals surface area (Å²) in [6.45, 7) is 3.97. The average Bonchev–Trinajstić information content (AvgIpc) is 2.31. The van der Waals surface area contributed by atoms with Crippen LogP contribution in [0.15, 0.2) is 29.2 Å². The van der Waals surface area contributed by atoms with E-state index in [1.165, 1.54) is 12.1 Å². The molecule has 0 fully saturated rings. The fraction of sp³-hybridized carbons (Fsp3) is 0.333. The fourth-order valence-electron chi connectivity index (χ4n) is 1.36. The number of sulfonamides is 1. The van der Waals surface area contributed by atoms with Crippen molar-refractivity contribution in [2.75, 3.05) is 12.3 Å². The van der Waals surface area contributed by atoms with Crippen LogP contribution in [0.5, 0.6) is 0 Å². The molecular weight excluding hydrogens is 272 g/mol. The van der Waals surface area contributed by atoms with E-state index in [1.807, 2.05) is 19.1 Å². The van der Waals surface area contributed by atoms with Crippen molar-refractivity contribution in [2.45, 2.75) is 25.2 Å². The van der Waals surface area contributed by atoms with Gasteiger partial charge in [-0.25, -0.2) is 13.1 Å². The van der Waals surface area contributed by atoms with Gasteiger partial charge >= 0.3 is 0 Å². The number of hydrogen-bond acceptors (Lipinski definition) is 3. The maximum absolute atomic E-state index is 12.0. The molecule has 6 heteroatoms. The van der Waals surface area contributed by atoms with Gasteiger partial charge in [0, 0.05) is 17.3 Å². The molecule has 0 saturated heterocycles. The lowest BCUT2D eigenvalue weighted by Crippen LogP contribution is -2.24. The molecule has 0 atom stereocenters. The number of rotatable bonds is 5. The van der Waals surface area contributed by atoms with Crippen LogP contribution in [-0.4, -0.2) is 15.0 Å². The second kappa shape index (κ2) is 6.22. The first-order chi connectivity index (χ1) is 8.38. The van der Waals surface area contributed by atoms with E-state index in [0.29, 0.717) is 29.2 Å². The van der Waals surface area contributed by atoms with Crippen molar-refractivity contribution in [1.29, 1.82) is 0 Å². The summed E-state index contributed by atoms with van der Waals surface area (Å²) in [7, 11) is -3.55. The molecule has 0 amide bonds. The first kappa shape index (κ1) is 15.0. The minimum absolute atomic E-state index is 0.0936. The van der Waals surface area contributed by atoms with E-state index >= 15 is 0 Å². The summed E-state index contributed by atoms with van der Waals surface area (Å²) in [5, 5.41) is 0.351. The van der Waals surface area contributed by atoms with E-state index in [0.717, 1.165) is 0 Å². The van der Waals surface area contributed by atoms with Crippen LogP contribution < -0.4 is 10.5 Å². The molecule has 0 unspecified atom stereocenters. The maximum Gasteiger partial charge on any atom is 0.240 e. The van der Waals surface area contributed by atoms with Crippen LogP contribution in [0, 0.1) is 6.92 Å². The summed E-state index contributed by atoms with van der Waals surface area (Å²) in [5.74, 6) is 0. The van der Waals surface area contributed by atoms with Crippen LogP contribution >= 0.6 is 11.6 Å². The van der Waals surface area contributed by atoms with E-state index in [9.17, 15) is 8.42 Å². The molecule has 100 valence electrons. The van der Waals surface area contributed by atoms with Crippen LogP contribution in [0.2, 0.25) is 5.02 Å². The molecule has 1 aromatic carbocycles. The Morgan fingerprint density at radius 2 is 2.11 bits per heavy atom. The van der Waals surface area contributed by atoms with E-state index < -0.39 is 10.0 Å². The average molecular weight is 289 g/mol. The molecule has 18 heavy (non-hydrogen) atoms. The van der Waals surface area contributed by atoms with Crippen LogP contribution in [-0.2, 0) is 10.0 Å². The van der Waals surface area contributed by atoms with Gasteiger partial charge in [0.25, 0.3) is 0 Å². The van der Waals surface area contributed by atoms with Gasteiger partial charge in [0.2, 0.25) is 10.0 Å². The lowest BCUT2D eigenvalue weighted by atomic mass is 10.2. The van der Waals surface area contributed by atoms with Crippen LogP contribution in [0.4, 0.5) is 5.69 Å². The van der Waals surface area contributed by atoms with Crippen molar-refractivity contribution in [1.82, 2.24) is 4.72 Å². The van der Waals surface area contributed by atoms with Crippen molar-refractivity contribution in [3.8, 4) is 0 Å². The lowest BCUT2D eigenvalue weighted by Gasteiger charge is -2.09. The minimum atomic E-state index is -3.55. The van der Waals surface area contributed by atoms with Crippen LogP contribution in [0.25, 0.3) is 0 Å². The van der Waals surface area contributed by atoms with Crippen molar-refractivity contribution in [3.63, 3.8) is 0 Å². The van der Waals surface area contributed by atoms with Gasteiger partial charge in [-0.3, -0.25) is 0 Å². The molecule has 0 bridgehead atoms. The number of hydrogen-bond donors (Lipinski definition) is 2. The Morgan fingerprint density at radius 1 is 1.44 bits per heavy atom. The van der Waals surface area contributed by atoms with Crippen LogP contribution in [0.1, 0.15) is 18.9 Å². The Morgan fingerprint density at radius 3 is 2.67 bits per heavy atom. The van der Waals surface area contributed by atoms with E-state index in [4.69, 9.17) is 17.3 Å². The van der Waals surface area contributed by atoms with Gasteiger partial charge < -0.3 is 5.73 Å². The summed E-state index contributed by atoms with van der Waals surface area (Å²) in [5.41, 5.74) is 6.76. The predicted octanol–water partition coefficient (Wildman–Crippen LogP) is 2.48. The van der Waals surface area contributed by atoms with Gasteiger partial charge in [-0.15, -0.1) is 0 Å². The highest BCUT2D eigenvalue weighted by Crippen LogP contribution is 2.25. The fourth-order valence-corrected chi connectivity index (χ4v) is 2.76. The summed E-state index contributed by atoms with van der Waals surface area (Å²) >= 11 is 5.93. The van der Waals surface area contributed by atoms with E-state index in [-0.39, 0.29) is 4.90 Å². The van der Waals surface area contributed by atoms with Crippen molar-refractivity contribution in [3.05, 3.63) is 34.9 Å². The Labute approximate surface area is 113 Å². The quantitative estimate of drug-likeness (QED) is 0.497. The molecule has 0 saturated carbocycles. The number of nitrogens with one attached hydrogen (secondary N) is 1. The minimum Gasteiger partial charge on any atom is -0.398 e. The molecule has 0 aliphatic rings. The third-order valence-corrected chi connectivity index (χ3v) is 4.34. The molecule has 4 nitrogen and oxygen atoms in total. The second-order valence-corrected chi connectivity index (χ2v) is 6.05. The highest BCUT2D eigenvalue weighted by Gasteiger charge is 2.15. The largest absolute Gasteiger partial charge is 0.398 e. The molecule has 0 radical (unpaired) electrons. The van der Waals surface area contributed by atoms with Gasteiger partial charge in [-0.05, 0) is 38.0 Å². The van der Waals surface area contributed by atoms with Gasteiger partial charge in [-0.2, -0.15) is 0 Å². The Kier molecular flexibility index (Phi) is 5.19. The number of allylic oxidation sites excluding steroid dienone is 1. The number of nitrogen functional groups attached to an aromatic ring is 1. The number of halogens is 1. The first-order valence-corrected chi connectivity index (χ1v) is 7.41. The Bertz CT molecular complexity index is 530. The van der Waals surface area contributed by atoms with Crippen molar-refractivity contribution < 1.29 is 8.42 Å². The standard InChI is InChI=1S/C12H17ClN2O2S/c1-3-4-5-6-15-18(16,17)10-7-11(13)9(2)12(14)8-10/h3-4,7-8,15H,5-6,14H2,1-2H3/b4-3+. The number of nitrogens with two attached hydrogens (primary N) is 1. The molecule has 0 heterocycles. The number of anilines is 1. The summed E-state index contributed by atoms with van der Waals surface area (Å²) in [4.78, 5) is 0.0936. The van der Waals surface area contributed by atoms with E-state index in [1.54, 1.807) is 6.92 Å². The molecule has 0 aliphatic heterocycles. The molecule has 1 rings (SSSR count). The summed E-state index contributed by atoms with van der Waals surface area (Å²) < 4.78 is 26.4. The maximum atomic E-state index is 12.0. The van der Waals surface area contributed by atoms with Gasteiger partial charge in [0.05, 0.1) is 4.90 Å². The zero-order valence-electron chi connectivity index (χ0n) is 10.4. The normalized spacial score (nSPS) is 12.2. The van der Waals surface area contributed by atoms with Gasteiger partial charge in [0.1, 0.15) is 0 Å². The van der Waals surface area contributed by atoms with E-state index in [2.05, 4.69) is 4.72 Å². The molecular formula is C12H17ClN2O2S. The lowest BCUT2D eigenvalue weighted by molar-refractivity contribution is 0.582. The Hall–Kier alpha value is -1.04. The zero-order valence-corrected chi connectivity index (χ0v) is 12.0. The first-order valence-electron chi connectivity index (χ1n) is 5.55. The SMILES string of the molecule is C/C=C/CCNS(=O)(=O)c1cc(N)c(C)c(Cl)c1. The smallest absolute Gasteiger partial charge is 0.240 e. The van der Waals surface area contributed by atoms with Gasteiger partial charge in [-0.1, -0.05) is 23.8 Å². The zero-order chi connectivity index (χ0) is 13.8. The molecule has 0 spiro atoms. The monoisotopic (exact) mass is 288 g/mol. The summed E-state index contributed by atoms with van der Waals surface area (Å²) in [6, 6.07) is 2.82. The van der Waals surface area contributed by atoms with Gasteiger partial charge in [0.15, 0.2) is 0 Å². The molecule has 1 aromatic rings. The highest BCUT2D eigenvalue weighted by atomic mass is 35.5. The Balaban J connectivity index is 2.92. The van der Waals surface area contributed by atoms with Crippen molar-refractivity contribution >= 4 is 27.3 Å².